The zero-order valence-electron chi connectivity index (χ0n) is 19.1. The van der Waals surface area contributed by atoms with E-state index in [2.05, 4.69) is 15.5 Å². The number of benzene rings is 2. The number of hydrogen-bond acceptors (Lipinski definition) is 6. The molecule has 0 atom stereocenters. The third kappa shape index (κ3) is 6.11. The molecule has 0 aromatic heterocycles. The lowest BCUT2D eigenvalue weighted by atomic mass is 10.0. The maximum Gasteiger partial charge on any atom is 0.203 e. The maximum atomic E-state index is 11.4. The number of rotatable bonds is 8. The van der Waals surface area contributed by atoms with Gasteiger partial charge in [0.1, 0.15) is 0 Å². The van der Waals surface area contributed by atoms with Crippen molar-refractivity contribution in [2.24, 2.45) is 0 Å². The van der Waals surface area contributed by atoms with E-state index in [9.17, 15) is 4.79 Å². The summed E-state index contributed by atoms with van der Waals surface area (Å²) >= 11 is 5.47. The first kappa shape index (κ1) is 23.8. The van der Waals surface area contributed by atoms with Crippen molar-refractivity contribution in [1.82, 2.24) is 10.2 Å². The van der Waals surface area contributed by atoms with Crippen LogP contribution in [0, 0.1) is 0 Å². The van der Waals surface area contributed by atoms with Crippen molar-refractivity contribution in [3.05, 3.63) is 47.5 Å². The van der Waals surface area contributed by atoms with Crippen LogP contribution in [-0.2, 0) is 6.54 Å². The molecule has 0 aliphatic carbocycles. The molecule has 32 heavy (non-hydrogen) atoms. The van der Waals surface area contributed by atoms with Crippen LogP contribution in [-0.4, -0.2) is 56.3 Å². The van der Waals surface area contributed by atoms with Crippen LogP contribution in [0.15, 0.2) is 36.4 Å². The SMILES string of the molecule is COc1cc(CN2CCC(NC(=S)Nc3ccc(C(C)=O)cc3)CC2)cc(OC)c1OC. The molecule has 1 aliphatic heterocycles. The standard InChI is InChI=1S/C24H31N3O4S/c1-16(28)18-5-7-19(8-6-18)25-24(32)26-20-9-11-27(12-10-20)15-17-13-21(29-2)23(31-4)22(14-17)30-3/h5-8,13-14,20H,9-12,15H2,1-4H3,(H2,25,26,32). The molecule has 7 nitrogen and oxygen atoms in total. The summed E-state index contributed by atoms with van der Waals surface area (Å²) in [5, 5.41) is 7.21. The number of anilines is 1. The Labute approximate surface area is 195 Å². The molecule has 3 rings (SSSR count). The highest BCUT2D eigenvalue weighted by atomic mass is 32.1. The van der Waals surface area contributed by atoms with Crippen molar-refractivity contribution in [3.63, 3.8) is 0 Å². The van der Waals surface area contributed by atoms with Crippen LogP contribution in [0.2, 0.25) is 0 Å². The number of likely N-dealkylation sites (tertiary alicyclic amines) is 1. The van der Waals surface area contributed by atoms with E-state index in [1.807, 2.05) is 24.3 Å². The normalized spacial score (nSPS) is 14.5. The minimum atomic E-state index is 0.0514. The van der Waals surface area contributed by atoms with Crippen LogP contribution in [0.1, 0.15) is 35.7 Å². The number of nitrogens with one attached hydrogen (secondary N) is 2. The summed E-state index contributed by atoms with van der Waals surface area (Å²) in [6.07, 6.45) is 1.99. The summed E-state index contributed by atoms with van der Waals surface area (Å²) in [5.41, 5.74) is 2.68. The molecule has 0 radical (unpaired) electrons. The highest BCUT2D eigenvalue weighted by Crippen LogP contribution is 2.38. The van der Waals surface area contributed by atoms with Gasteiger partial charge in [-0.05, 0) is 73.9 Å². The van der Waals surface area contributed by atoms with Crippen molar-refractivity contribution in [3.8, 4) is 17.2 Å². The van der Waals surface area contributed by atoms with Gasteiger partial charge in [-0.1, -0.05) is 0 Å². The molecule has 172 valence electrons. The summed E-state index contributed by atoms with van der Waals surface area (Å²) < 4.78 is 16.3. The Bertz CT molecular complexity index is 916. The summed E-state index contributed by atoms with van der Waals surface area (Å²) in [4.78, 5) is 13.8. The monoisotopic (exact) mass is 457 g/mol. The Morgan fingerprint density at radius 3 is 2.12 bits per heavy atom. The second-order valence-corrected chi connectivity index (χ2v) is 8.22. The fraction of sp³-hybridized carbons (Fsp3) is 0.417. The molecule has 1 saturated heterocycles. The molecule has 8 heteroatoms. The smallest absolute Gasteiger partial charge is 0.203 e. The van der Waals surface area contributed by atoms with Crippen molar-refractivity contribution in [2.45, 2.75) is 32.4 Å². The van der Waals surface area contributed by atoms with Gasteiger partial charge in [-0.25, -0.2) is 0 Å². The molecule has 0 amide bonds. The minimum Gasteiger partial charge on any atom is -0.493 e. The average Bonchev–Trinajstić information content (AvgIpc) is 2.80. The van der Waals surface area contributed by atoms with Gasteiger partial charge in [-0.2, -0.15) is 0 Å². The highest BCUT2D eigenvalue weighted by Gasteiger charge is 2.21. The largest absolute Gasteiger partial charge is 0.493 e. The highest BCUT2D eigenvalue weighted by molar-refractivity contribution is 7.80. The Morgan fingerprint density at radius 1 is 1.03 bits per heavy atom. The van der Waals surface area contributed by atoms with Crippen molar-refractivity contribution < 1.29 is 19.0 Å². The summed E-state index contributed by atoms with van der Waals surface area (Å²) in [6, 6.07) is 11.7. The molecule has 0 saturated carbocycles. The Balaban J connectivity index is 1.50. The van der Waals surface area contributed by atoms with E-state index in [0.717, 1.165) is 43.7 Å². The zero-order chi connectivity index (χ0) is 23.1. The van der Waals surface area contributed by atoms with Crippen molar-refractivity contribution >= 4 is 28.8 Å². The van der Waals surface area contributed by atoms with Crippen LogP contribution in [0.25, 0.3) is 0 Å². The van der Waals surface area contributed by atoms with Gasteiger partial charge in [0, 0.05) is 36.9 Å². The van der Waals surface area contributed by atoms with Gasteiger partial charge in [-0.3, -0.25) is 9.69 Å². The number of carbonyl (C=O) groups excluding carboxylic acids is 1. The van der Waals surface area contributed by atoms with Gasteiger partial charge >= 0.3 is 0 Å². The predicted molar refractivity (Wildman–Crippen MR) is 130 cm³/mol. The second kappa shape index (κ2) is 11.2. The summed E-state index contributed by atoms with van der Waals surface area (Å²) in [7, 11) is 4.87. The van der Waals surface area contributed by atoms with E-state index in [1.165, 1.54) is 0 Å². The molecule has 1 fully saturated rings. The van der Waals surface area contributed by atoms with Crippen molar-refractivity contribution in [1.29, 1.82) is 0 Å². The topological polar surface area (TPSA) is 72.1 Å². The summed E-state index contributed by atoms with van der Waals surface area (Å²) in [6.45, 7) is 4.30. The Kier molecular flexibility index (Phi) is 8.30. The number of ketones is 1. The first-order valence-electron chi connectivity index (χ1n) is 10.6. The van der Waals surface area contributed by atoms with Gasteiger partial charge < -0.3 is 24.8 Å². The van der Waals surface area contributed by atoms with Crippen LogP contribution in [0.3, 0.4) is 0 Å². The van der Waals surface area contributed by atoms with Gasteiger partial charge in [0.15, 0.2) is 22.4 Å². The minimum absolute atomic E-state index is 0.0514. The van der Waals surface area contributed by atoms with Crippen LogP contribution in [0.5, 0.6) is 17.2 Å². The van der Waals surface area contributed by atoms with Gasteiger partial charge in [0.05, 0.1) is 21.3 Å². The number of methoxy groups -OCH3 is 3. The third-order valence-corrected chi connectivity index (χ3v) is 5.82. The first-order chi connectivity index (χ1) is 15.4. The third-order valence-electron chi connectivity index (χ3n) is 5.60. The molecule has 2 aromatic rings. The molecular weight excluding hydrogens is 426 g/mol. The number of carbonyl (C=O) groups is 1. The Morgan fingerprint density at radius 2 is 1.62 bits per heavy atom. The lowest BCUT2D eigenvalue weighted by molar-refractivity contribution is 0.101. The average molecular weight is 458 g/mol. The predicted octanol–water partition coefficient (Wildman–Crippen LogP) is 3.87. The quantitative estimate of drug-likeness (QED) is 0.457. The van der Waals surface area contributed by atoms with E-state index in [0.29, 0.717) is 34.0 Å². The first-order valence-corrected chi connectivity index (χ1v) is 11.0. The number of thiocarbonyl (C=S) groups is 1. The van der Waals surface area contributed by atoms with E-state index in [-0.39, 0.29) is 5.78 Å². The number of hydrogen-bond donors (Lipinski definition) is 2. The molecule has 0 spiro atoms. The molecule has 1 heterocycles. The van der Waals surface area contributed by atoms with E-state index in [4.69, 9.17) is 26.4 Å². The molecular formula is C24H31N3O4S. The van der Waals surface area contributed by atoms with E-state index < -0.39 is 0 Å². The van der Waals surface area contributed by atoms with Crippen LogP contribution < -0.4 is 24.8 Å². The van der Waals surface area contributed by atoms with E-state index >= 15 is 0 Å². The van der Waals surface area contributed by atoms with Crippen LogP contribution >= 0.6 is 12.2 Å². The number of piperidine rings is 1. The van der Waals surface area contributed by atoms with Gasteiger partial charge in [-0.15, -0.1) is 0 Å². The number of ether oxygens (including phenoxy) is 3. The van der Waals surface area contributed by atoms with Gasteiger partial charge in [0.25, 0.3) is 0 Å². The second-order valence-electron chi connectivity index (χ2n) is 7.82. The Hall–Kier alpha value is -2.84. The van der Waals surface area contributed by atoms with Crippen LogP contribution in [0.4, 0.5) is 5.69 Å². The molecule has 2 aromatic carbocycles. The fourth-order valence-corrected chi connectivity index (χ4v) is 4.15. The number of Topliss-reactive ketones (excluding diaryl/α,β-unsaturated/α-hetero) is 1. The fourth-order valence-electron chi connectivity index (χ4n) is 3.86. The summed E-state index contributed by atoms with van der Waals surface area (Å²) in [5.74, 6) is 2.01. The molecule has 1 aliphatic rings. The lowest BCUT2D eigenvalue weighted by Gasteiger charge is -2.33. The molecule has 2 N–H and O–H groups in total. The van der Waals surface area contributed by atoms with Crippen molar-refractivity contribution in [2.75, 3.05) is 39.7 Å². The lowest BCUT2D eigenvalue weighted by Crippen LogP contribution is -2.45. The van der Waals surface area contributed by atoms with E-state index in [1.54, 1.807) is 40.4 Å². The molecule has 0 bridgehead atoms. The zero-order valence-corrected chi connectivity index (χ0v) is 19.9. The number of nitrogens with zero attached hydrogens (tertiary/aromatic N) is 1. The van der Waals surface area contributed by atoms with Gasteiger partial charge in [0.2, 0.25) is 5.75 Å². The maximum absolute atomic E-state index is 11.4. The molecule has 0 unspecified atom stereocenters.